The number of urea groups is 1. The zero-order valence-corrected chi connectivity index (χ0v) is 18.0. The number of benzene rings is 1. The fraction of sp³-hybridized carbons (Fsp3) is 0.200. The summed E-state index contributed by atoms with van der Waals surface area (Å²) in [6.45, 7) is 0.351. The Kier molecular flexibility index (Phi) is 7.60. The number of aromatic nitrogens is 3. The highest BCUT2D eigenvalue weighted by atomic mass is 32.2. The van der Waals surface area contributed by atoms with Crippen molar-refractivity contribution in [2.24, 2.45) is 7.05 Å². The van der Waals surface area contributed by atoms with Gasteiger partial charge in [-0.05, 0) is 42.0 Å². The molecule has 2 aromatic heterocycles. The van der Waals surface area contributed by atoms with Crippen molar-refractivity contribution in [2.75, 3.05) is 23.0 Å². The predicted octanol–water partition coefficient (Wildman–Crippen LogP) is 3.75. The van der Waals surface area contributed by atoms with Crippen molar-refractivity contribution >= 4 is 41.0 Å². The second-order valence-corrected chi connectivity index (χ2v) is 7.56. The quantitative estimate of drug-likeness (QED) is 0.380. The first-order valence-electron chi connectivity index (χ1n) is 9.41. The second kappa shape index (κ2) is 10.6. The average molecular weight is 461 g/mol. The van der Waals surface area contributed by atoms with Crippen LogP contribution < -0.4 is 21.3 Å². The average Bonchev–Trinajstić information content (AvgIpc) is 3.14. The Morgan fingerprint density at radius 2 is 1.91 bits per heavy atom. The number of nitrogens with one attached hydrogen (secondary N) is 4. The summed E-state index contributed by atoms with van der Waals surface area (Å²) in [5.41, 5.74) is 1.62. The van der Waals surface area contributed by atoms with Crippen LogP contribution in [-0.2, 0) is 13.6 Å². The van der Waals surface area contributed by atoms with Crippen molar-refractivity contribution in [1.82, 2.24) is 20.1 Å². The molecule has 0 atom stereocenters. The van der Waals surface area contributed by atoms with Crippen molar-refractivity contribution in [2.45, 2.75) is 17.2 Å². The molecule has 0 aliphatic heterocycles. The third kappa shape index (κ3) is 6.17. The van der Waals surface area contributed by atoms with E-state index in [0.29, 0.717) is 46.1 Å². The summed E-state index contributed by atoms with van der Waals surface area (Å²) < 4.78 is 26.4. The molecule has 2 heterocycles. The van der Waals surface area contributed by atoms with Crippen molar-refractivity contribution in [3.63, 3.8) is 0 Å². The van der Waals surface area contributed by atoms with Crippen LogP contribution in [0.15, 0.2) is 53.7 Å². The number of amides is 3. The first kappa shape index (κ1) is 23.0. The molecule has 0 spiro atoms. The topological polar surface area (TPSA) is 113 Å². The van der Waals surface area contributed by atoms with E-state index in [1.165, 1.54) is 30.1 Å². The number of rotatable bonds is 8. The summed E-state index contributed by atoms with van der Waals surface area (Å²) >= 11 is 0.438. The maximum Gasteiger partial charge on any atom is 0.320 e. The largest absolute Gasteiger partial charge is 0.366 e. The minimum absolute atomic E-state index is 0.316. The van der Waals surface area contributed by atoms with E-state index in [4.69, 9.17) is 0 Å². The molecule has 9 nitrogen and oxygen atoms in total. The lowest BCUT2D eigenvalue weighted by Crippen LogP contribution is -2.25. The van der Waals surface area contributed by atoms with Gasteiger partial charge in [-0.2, -0.15) is 13.9 Å². The molecule has 1 aromatic carbocycles. The van der Waals surface area contributed by atoms with Crippen molar-refractivity contribution in [1.29, 1.82) is 0 Å². The van der Waals surface area contributed by atoms with E-state index in [2.05, 4.69) is 31.3 Å². The fourth-order valence-corrected chi connectivity index (χ4v) is 3.25. The summed E-state index contributed by atoms with van der Waals surface area (Å²) in [5, 5.41) is 15.1. The smallest absolute Gasteiger partial charge is 0.320 e. The lowest BCUT2D eigenvalue weighted by molar-refractivity contribution is 0.102. The third-order valence-corrected chi connectivity index (χ3v) is 5.00. The third-order valence-electron chi connectivity index (χ3n) is 4.27. The van der Waals surface area contributed by atoms with Gasteiger partial charge in [0.1, 0.15) is 17.2 Å². The van der Waals surface area contributed by atoms with Crippen molar-refractivity contribution in [3.8, 4) is 0 Å². The Morgan fingerprint density at radius 1 is 1.16 bits per heavy atom. The molecule has 0 bridgehead atoms. The summed E-state index contributed by atoms with van der Waals surface area (Å²) in [5.74, 6) is -2.02. The van der Waals surface area contributed by atoms with Crippen LogP contribution in [0, 0.1) is 0 Å². The number of carbonyl (C=O) groups is 2. The highest BCUT2D eigenvalue weighted by Gasteiger charge is 2.17. The summed E-state index contributed by atoms with van der Waals surface area (Å²) in [4.78, 5) is 28.7. The van der Waals surface area contributed by atoms with Crippen molar-refractivity contribution < 1.29 is 18.4 Å². The molecule has 0 saturated heterocycles. The van der Waals surface area contributed by atoms with Gasteiger partial charge in [0.2, 0.25) is 0 Å². The zero-order chi connectivity index (χ0) is 23.1. The number of carbonyl (C=O) groups excluding carboxylic acids is 2. The van der Waals surface area contributed by atoms with Crippen LogP contribution in [0.3, 0.4) is 0 Å². The number of thioether (sulfide) groups is 1. The van der Waals surface area contributed by atoms with Crippen LogP contribution >= 0.6 is 11.8 Å². The fourth-order valence-electron chi connectivity index (χ4n) is 2.75. The van der Waals surface area contributed by atoms with E-state index >= 15 is 0 Å². The number of anilines is 3. The highest BCUT2D eigenvalue weighted by Crippen LogP contribution is 2.26. The molecule has 168 valence electrons. The predicted molar refractivity (Wildman–Crippen MR) is 119 cm³/mol. The summed E-state index contributed by atoms with van der Waals surface area (Å²) in [7, 11) is 3.20. The number of alkyl halides is 2. The number of nitrogens with zero attached hydrogens (tertiary/aromatic N) is 3. The number of pyridine rings is 1. The van der Waals surface area contributed by atoms with E-state index in [1.807, 2.05) is 0 Å². The molecule has 0 unspecified atom stereocenters. The number of aryl methyl sites for hydroxylation is 1. The SMILES string of the molecule is CNC(=O)Nc1cc(CNc2c(C(=O)Nc3ccc(SC(F)F)cc3)cnn2C)ccn1. The van der Waals surface area contributed by atoms with Gasteiger partial charge in [-0.1, -0.05) is 11.8 Å². The molecule has 3 rings (SSSR count). The van der Waals surface area contributed by atoms with Crippen molar-refractivity contribution in [3.05, 3.63) is 59.9 Å². The molecule has 0 aliphatic carbocycles. The monoisotopic (exact) mass is 461 g/mol. The molecule has 12 heteroatoms. The molecule has 0 aliphatic rings. The lowest BCUT2D eigenvalue weighted by Gasteiger charge is -2.11. The van der Waals surface area contributed by atoms with Crippen LogP contribution in [0.2, 0.25) is 0 Å². The van der Waals surface area contributed by atoms with Crippen LogP contribution in [0.25, 0.3) is 0 Å². The van der Waals surface area contributed by atoms with Crippen LogP contribution in [0.1, 0.15) is 15.9 Å². The van der Waals surface area contributed by atoms with Crippen LogP contribution in [-0.4, -0.2) is 39.5 Å². The first-order valence-corrected chi connectivity index (χ1v) is 10.3. The van der Waals surface area contributed by atoms with Gasteiger partial charge in [-0.25, -0.2) is 9.78 Å². The Morgan fingerprint density at radius 3 is 2.59 bits per heavy atom. The van der Waals surface area contributed by atoms with Crippen LogP contribution in [0.5, 0.6) is 0 Å². The molecule has 3 amide bonds. The van der Waals surface area contributed by atoms with Gasteiger partial charge in [0.05, 0.1) is 6.20 Å². The van der Waals surface area contributed by atoms with Gasteiger partial charge >= 0.3 is 6.03 Å². The van der Waals surface area contributed by atoms with Gasteiger partial charge in [-0.3, -0.25) is 14.8 Å². The maximum absolute atomic E-state index is 12.7. The van der Waals surface area contributed by atoms with E-state index in [-0.39, 0.29) is 6.03 Å². The van der Waals surface area contributed by atoms with Crippen LogP contribution in [0.4, 0.5) is 30.9 Å². The summed E-state index contributed by atoms with van der Waals surface area (Å²) in [6.07, 6.45) is 3.00. The zero-order valence-electron chi connectivity index (χ0n) is 17.2. The molecule has 0 fully saturated rings. The van der Waals surface area contributed by atoms with E-state index in [9.17, 15) is 18.4 Å². The molecular formula is C20H21F2N7O2S. The Balaban J connectivity index is 1.66. The van der Waals surface area contributed by atoms with Gasteiger partial charge in [0.15, 0.2) is 0 Å². The molecule has 4 N–H and O–H groups in total. The molecule has 0 radical (unpaired) electrons. The minimum Gasteiger partial charge on any atom is -0.366 e. The van der Waals surface area contributed by atoms with Gasteiger partial charge in [0.25, 0.3) is 11.7 Å². The lowest BCUT2D eigenvalue weighted by atomic mass is 10.2. The summed E-state index contributed by atoms with van der Waals surface area (Å²) in [6, 6.07) is 9.25. The normalized spacial score (nSPS) is 10.7. The van der Waals surface area contributed by atoms with Gasteiger partial charge < -0.3 is 16.0 Å². The number of hydrogen-bond acceptors (Lipinski definition) is 6. The van der Waals surface area contributed by atoms with E-state index < -0.39 is 11.7 Å². The molecule has 3 aromatic rings. The molecule has 32 heavy (non-hydrogen) atoms. The highest BCUT2D eigenvalue weighted by molar-refractivity contribution is 7.99. The van der Waals surface area contributed by atoms with Gasteiger partial charge in [0, 0.05) is 37.4 Å². The van der Waals surface area contributed by atoms with Gasteiger partial charge in [-0.15, -0.1) is 0 Å². The Bertz CT molecular complexity index is 1090. The first-order chi connectivity index (χ1) is 15.4. The molecule has 0 saturated carbocycles. The number of hydrogen-bond donors (Lipinski definition) is 4. The molecular weight excluding hydrogens is 440 g/mol. The Hall–Kier alpha value is -3.67. The van der Waals surface area contributed by atoms with E-state index in [0.717, 1.165) is 5.56 Å². The Labute approximate surface area is 187 Å². The standard InChI is InChI=1S/C20H21F2N7O2S/c1-23-20(31)28-16-9-12(7-8-24-16)10-25-17-15(11-26-29(17)2)18(30)27-13-3-5-14(6-4-13)32-19(21)22/h3-9,11,19,25H,10H2,1-2H3,(H,27,30)(H2,23,24,28,31). The maximum atomic E-state index is 12.7. The number of halogens is 2. The minimum atomic E-state index is -2.50. The van der Waals surface area contributed by atoms with E-state index in [1.54, 1.807) is 37.5 Å². The second-order valence-electron chi connectivity index (χ2n) is 6.49.